The number of nitrogens with two attached hydrogens (primary N) is 1. The lowest BCUT2D eigenvalue weighted by molar-refractivity contribution is 0.746. The molecule has 0 spiro atoms. The highest BCUT2D eigenvalue weighted by molar-refractivity contribution is 6.18. The van der Waals surface area contributed by atoms with E-state index in [2.05, 4.69) is 0 Å². The molecule has 0 heterocycles. The predicted molar refractivity (Wildman–Crippen MR) is 68.2 cm³/mol. The van der Waals surface area contributed by atoms with Crippen molar-refractivity contribution < 1.29 is 0 Å². The Morgan fingerprint density at radius 2 is 2.00 bits per heavy atom. The van der Waals surface area contributed by atoms with Gasteiger partial charge in [-0.3, -0.25) is 0 Å². The molecule has 2 N–H and O–H groups in total. The monoisotopic (exact) mass is 200 g/mol. The second-order valence-electron chi connectivity index (χ2n) is 3.84. The maximum absolute atomic E-state index is 6.16. The van der Waals surface area contributed by atoms with Gasteiger partial charge in [-0.1, -0.05) is 24.3 Å². The van der Waals surface area contributed by atoms with E-state index in [9.17, 15) is 0 Å². The standard InChI is InChI=1S/C12H17BN2/c1-4-9-12(2,13)15(3)11-8-6-5-7-10(11)14/h4-9H,14H2,1-3H3/b9-4-. The molecule has 2 radical (unpaired) electrons. The van der Waals surface area contributed by atoms with Gasteiger partial charge in [0.15, 0.2) is 0 Å². The van der Waals surface area contributed by atoms with Crippen LogP contribution in [0, 0.1) is 0 Å². The van der Waals surface area contributed by atoms with Crippen LogP contribution in [0.4, 0.5) is 11.4 Å². The van der Waals surface area contributed by atoms with Crippen molar-refractivity contribution in [2.24, 2.45) is 0 Å². The first-order valence-corrected chi connectivity index (χ1v) is 5.00. The summed E-state index contributed by atoms with van der Waals surface area (Å²) in [4.78, 5) is 1.96. The van der Waals surface area contributed by atoms with Gasteiger partial charge < -0.3 is 10.6 Å². The summed E-state index contributed by atoms with van der Waals surface area (Å²) in [7, 11) is 8.09. The molecule has 0 aliphatic rings. The van der Waals surface area contributed by atoms with Crippen molar-refractivity contribution in [3.8, 4) is 0 Å². The van der Waals surface area contributed by atoms with Crippen LogP contribution in [-0.2, 0) is 0 Å². The van der Waals surface area contributed by atoms with Crippen LogP contribution in [0.2, 0.25) is 0 Å². The summed E-state index contributed by atoms with van der Waals surface area (Å²) in [5.41, 5.74) is 7.05. The first-order chi connectivity index (χ1) is 6.99. The highest BCUT2D eigenvalue weighted by Gasteiger charge is 2.20. The summed E-state index contributed by atoms with van der Waals surface area (Å²) in [6.45, 7) is 3.90. The van der Waals surface area contributed by atoms with Crippen molar-refractivity contribution >= 4 is 19.2 Å². The summed E-state index contributed by atoms with van der Waals surface area (Å²) in [6.07, 6.45) is 3.88. The normalized spacial score (nSPS) is 15.1. The first kappa shape index (κ1) is 11.7. The Labute approximate surface area is 93.2 Å². The summed E-state index contributed by atoms with van der Waals surface area (Å²) in [6, 6.07) is 7.70. The molecule has 0 aliphatic heterocycles. The van der Waals surface area contributed by atoms with E-state index in [1.807, 2.05) is 62.2 Å². The van der Waals surface area contributed by atoms with Crippen molar-refractivity contribution in [3.05, 3.63) is 36.4 Å². The molecule has 1 aromatic rings. The Kier molecular flexibility index (Phi) is 3.45. The average Bonchev–Trinajstić information content (AvgIpc) is 2.17. The molecule has 15 heavy (non-hydrogen) atoms. The van der Waals surface area contributed by atoms with Gasteiger partial charge in [0, 0.05) is 12.5 Å². The lowest BCUT2D eigenvalue weighted by Crippen LogP contribution is -2.43. The van der Waals surface area contributed by atoms with Crippen molar-refractivity contribution in [3.63, 3.8) is 0 Å². The van der Waals surface area contributed by atoms with E-state index < -0.39 is 5.44 Å². The molecule has 3 heteroatoms. The minimum atomic E-state index is -0.524. The van der Waals surface area contributed by atoms with E-state index in [4.69, 9.17) is 13.6 Å². The summed E-state index contributed by atoms with van der Waals surface area (Å²) in [5.74, 6) is 0. The molecule has 0 saturated heterocycles. The van der Waals surface area contributed by atoms with Gasteiger partial charge in [0.2, 0.25) is 0 Å². The number of likely N-dealkylation sites (N-methyl/N-ethyl adjacent to an activating group) is 1. The van der Waals surface area contributed by atoms with Gasteiger partial charge in [-0.05, 0) is 26.0 Å². The molecule has 0 bridgehead atoms. The Bertz CT molecular complexity index is 358. The Morgan fingerprint density at radius 3 is 2.53 bits per heavy atom. The fraction of sp³-hybridized carbons (Fsp3) is 0.333. The van der Waals surface area contributed by atoms with Crippen LogP contribution in [-0.4, -0.2) is 20.3 Å². The van der Waals surface area contributed by atoms with Crippen LogP contribution in [0.25, 0.3) is 0 Å². The molecule has 1 atom stereocenters. The van der Waals surface area contributed by atoms with E-state index in [0.717, 1.165) is 11.4 Å². The maximum atomic E-state index is 6.16. The number of nitrogen functional groups attached to an aromatic ring is 1. The van der Waals surface area contributed by atoms with E-state index >= 15 is 0 Å². The highest BCUT2D eigenvalue weighted by Crippen LogP contribution is 2.26. The smallest absolute Gasteiger partial charge is 0.109 e. The lowest BCUT2D eigenvalue weighted by atomic mass is 9.77. The van der Waals surface area contributed by atoms with Crippen molar-refractivity contribution in [1.29, 1.82) is 0 Å². The molecule has 1 unspecified atom stereocenters. The zero-order chi connectivity index (χ0) is 11.5. The number of hydrogen-bond acceptors (Lipinski definition) is 2. The number of para-hydroxylation sites is 2. The third-order valence-electron chi connectivity index (χ3n) is 2.52. The fourth-order valence-electron chi connectivity index (χ4n) is 1.50. The molecule has 0 fully saturated rings. The third kappa shape index (κ3) is 2.55. The van der Waals surface area contributed by atoms with Crippen molar-refractivity contribution in [1.82, 2.24) is 0 Å². The predicted octanol–water partition coefficient (Wildman–Crippen LogP) is 2.17. The number of allylic oxidation sites excluding steroid dienone is 1. The van der Waals surface area contributed by atoms with Crippen LogP contribution in [0.5, 0.6) is 0 Å². The molecule has 2 nitrogen and oxygen atoms in total. The topological polar surface area (TPSA) is 29.3 Å². The molecular formula is C12H17BN2. The van der Waals surface area contributed by atoms with Gasteiger partial charge in [0.25, 0.3) is 0 Å². The van der Waals surface area contributed by atoms with E-state index in [1.54, 1.807) is 0 Å². The van der Waals surface area contributed by atoms with E-state index in [0.29, 0.717) is 0 Å². The van der Waals surface area contributed by atoms with Crippen LogP contribution in [0.15, 0.2) is 36.4 Å². The van der Waals surface area contributed by atoms with Crippen LogP contribution in [0.3, 0.4) is 0 Å². The molecule has 1 rings (SSSR count). The van der Waals surface area contributed by atoms with Crippen LogP contribution >= 0.6 is 0 Å². The Morgan fingerprint density at radius 1 is 1.40 bits per heavy atom. The SMILES string of the molecule is [B]C(C)(/C=C\C)N(C)c1ccccc1N. The Balaban J connectivity index is 3.04. The van der Waals surface area contributed by atoms with Gasteiger partial charge in [0.05, 0.1) is 11.4 Å². The molecule has 78 valence electrons. The van der Waals surface area contributed by atoms with Gasteiger partial charge in [-0.15, -0.1) is 0 Å². The Hall–Kier alpha value is -1.38. The lowest BCUT2D eigenvalue weighted by Gasteiger charge is -2.36. The van der Waals surface area contributed by atoms with Gasteiger partial charge in [-0.2, -0.15) is 0 Å². The van der Waals surface area contributed by atoms with Crippen LogP contribution in [0.1, 0.15) is 13.8 Å². The largest absolute Gasteiger partial charge is 0.397 e. The van der Waals surface area contributed by atoms with Crippen LogP contribution < -0.4 is 10.6 Å². The summed E-state index contributed by atoms with van der Waals surface area (Å²) in [5, 5.41) is 0. The molecule has 0 saturated carbocycles. The molecule has 1 aromatic carbocycles. The number of rotatable bonds is 3. The van der Waals surface area contributed by atoms with Gasteiger partial charge >= 0.3 is 0 Å². The molecule has 0 amide bonds. The number of benzene rings is 1. The fourth-order valence-corrected chi connectivity index (χ4v) is 1.50. The van der Waals surface area contributed by atoms with E-state index in [1.165, 1.54) is 0 Å². The number of hydrogen-bond donors (Lipinski definition) is 1. The molecule has 0 aliphatic carbocycles. The zero-order valence-corrected chi connectivity index (χ0v) is 9.57. The summed E-state index contributed by atoms with van der Waals surface area (Å²) < 4.78 is 0. The van der Waals surface area contributed by atoms with Crippen molar-refractivity contribution in [2.75, 3.05) is 17.7 Å². The minimum Gasteiger partial charge on any atom is -0.397 e. The van der Waals surface area contributed by atoms with Gasteiger partial charge in [-0.25, -0.2) is 0 Å². The minimum absolute atomic E-state index is 0.524. The number of nitrogens with zero attached hydrogens (tertiary/aromatic N) is 1. The number of anilines is 2. The molecule has 0 aromatic heterocycles. The maximum Gasteiger partial charge on any atom is 0.109 e. The first-order valence-electron chi connectivity index (χ1n) is 5.00. The highest BCUT2D eigenvalue weighted by atomic mass is 15.2. The van der Waals surface area contributed by atoms with E-state index in [-0.39, 0.29) is 0 Å². The van der Waals surface area contributed by atoms with Crippen molar-refractivity contribution in [2.45, 2.75) is 19.3 Å². The average molecular weight is 200 g/mol. The second-order valence-corrected chi connectivity index (χ2v) is 3.84. The third-order valence-corrected chi connectivity index (χ3v) is 2.52. The quantitative estimate of drug-likeness (QED) is 0.460. The summed E-state index contributed by atoms with van der Waals surface area (Å²) >= 11 is 0. The molecular weight excluding hydrogens is 183 g/mol. The second kappa shape index (κ2) is 4.43. The zero-order valence-electron chi connectivity index (χ0n) is 9.57. The van der Waals surface area contributed by atoms with Gasteiger partial charge in [0.1, 0.15) is 7.85 Å².